The average Bonchev–Trinajstić information content (AvgIpc) is 3.08. The molecule has 136 valence electrons. The molecule has 4 aromatic rings. The number of benzene rings is 2. The lowest BCUT2D eigenvalue weighted by Gasteiger charge is -2.14. The zero-order valence-electron chi connectivity index (χ0n) is 15.4. The zero-order chi connectivity index (χ0) is 19.0. The number of fused-ring (bicyclic) bond motifs is 1. The van der Waals surface area contributed by atoms with Gasteiger partial charge in [0.15, 0.2) is 5.16 Å². The van der Waals surface area contributed by atoms with Crippen LogP contribution in [0.15, 0.2) is 57.8 Å². The Morgan fingerprint density at radius 3 is 2.59 bits per heavy atom. The molecule has 27 heavy (non-hydrogen) atoms. The van der Waals surface area contributed by atoms with Gasteiger partial charge >= 0.3 is 0 Å². The molecule has 6 heteroatoms. The Kier molecular flexibility index (Phi) is 4.85. The maximum atomic E-state index is 13.3. The van der Waals surface area contributed by atoms with Crippen LogP contribution in [-0.4, -0.2) is 14.5 Å². The number of thioether (sulfide) groups is 1. The van der Waals surface area contributed by atoms with Crippen molar-refractivity contribution in [2.45, 2.75) is 31.7 Å². The Hall–Kier alpha value is -2.44. The second kappa shape index (κ2) is 7.29. The Labute approximate surface area is 165 Å². The molecule has 0 bridgehead atoms. The van der Waals surface area contributed by atoms with Crippen molar-refractivity contribution in [3.05, 3.63) is 80.0 Å². The van der Waals surface area contributed by atoms with E-state index in [9.17, 15) is 4.79 Å². The fourth-order valence-electron chi connectivity index (χ4n) is 2.91. The van der Waals surface area contributed by atoms with Gasteiger partial charge in [0.05, 0.1) is 27.3 Å². The first-order valence-corrected chi connectivity index (χ1v) is 10.5. The van der Waals surface area contributed by atoms with E-state index in [4.69, 9.17) is 4.98 Å². The van der Waals surface area contributed by atoms with Crippen LogP contribution in [0, 0.1) is 20.8 Å². The first-order chi connectivity index (χ1) is 13.0. The van der Waals surface area contributed by atoms with E-state index in [1.807, 2.05) is 49.4 Å². The summed E-state index contributed by atoms with van der Waals surface area (Å²) in [6.07, 6.45) is 0. The molecule has 4 rings (SSSR count). The fraction of sp³-hybridized carbons (Fsp3) is 0.190. The van der Waals surface area contributed by atoms with Crippen molar-refractivity contribution in [1.82, 2.24) is 14.5 Å². The summed E-state index contributed by atoms with van der Waals surface area (Å²) in [6.45, 7) is 6.13. The third-order valence-electron chi connectivity index (χ3n) is 4.51. The molecule has 0 N–H and O–H groups in total. The summed E-state index contributed by atoms with van der Waals surface area (Å²) in [6, 6.07) is 13.6. The van der Waals surface area contributed by atoms with Crippen LogP contribution in [0.5, 0.6) is 0 Å². The second-order valence-electron chi connectivity index (χ2n) is 6.47. The minimum atomic E-state index is -0.0409. The summed E-state index contributed by atoms with van der Waals surface area (Å²) in [5.74, 6) is 0.681. The molecule has 0 unspecified atom stereocenters. The largest absolute Gasteiger partial charge is 0.268 e. The van der Waals surface area contributed by atoms with Crippen LogP contribution in [0.4, 0.5) is 0 Å². The van der Waals surface area contributed by atoms with Crippen molar-refractivity contribution in [1.29, 1.82) is 0 Å². The summed E-state index contributed by atoms with van der Waals surface area (Å²) >= 11 is 3.18. The molecule has 0 amide bonds. The van der Waals surface area contributed by atoms with Gasteiger partial charge in [0.25, 0.3) is 5.56 Å². The van der Waals surface area contributed by atoms with Crippen LogP contribution >= 0.6 is 23.1 Å². The Morgan fingerprint density at radius 1 is 1.04 bits per heavy atom. The van der Waals surface area contributed by atoms with Crippen LogP contribution in [-0.2, 0) is 5.75 Å². The third kappa shape index (κ3) is 3.55. The number of hydrogen-bond donors (Lipinski definition) is 0. The van der Waals surface area contributed by atoms with Crippen molar-refractivity contribution in [2.75, 3.05) is 0 Å². The molecule has 0 atom stereocenters. The number of aryl methyl sites for hydroxylation is 3. The molecule has 0 aliphatic heterocycles. The predicted molar refractivity (Wildman–Crippen MR) is 113 cm³/mol. The maximum absolute atomic E-state index is 13.3. The molecule has 0 radical (unpaired) electrons. The van der Waals surface area contributed by atoms with E-state index in [1.165, 1.54) is 5.56 Å². The van der Waals surface area contributed by atoms with E-state index in [-0.39, 0.29) is 5.56 Å². The molecule has 0 saturated carbocycles. The van der Waals surface area contributed by atoms with Crippen molar-refractivity contribution in [3.63, 3.8) is 0 Å². The summed E-state index contributed by atoms with van der Waals surface area (Å²) in [7, 11) is 0. The number of para-hydroxylation sites is 1. The molecule has 0 saturated heterocycles. The predicted octanol–water partition coefficient (Wildman–Crippen LogP) is 5.06. The van der Waals surface area contributed by atoms with Crippen molar-refractivity contribution in [3.8, 4) is 5.69 Å². The highest BCUT2D eigenvalue weighted by Crippen LogP contribution is 2.26. The van der Waals surface area contributed by atoms with Crippen molar-refractivity contribution >= 4 is 34.0 Å². The highest BCUT2D eigenvalue weighted by atomic mass is 32.2. The van der Waals surface area contributed by atoms with Gasteiger partial charge in [0.1, 0.15) is 0 Å². The molecule has 0 fully saturated rings. The summed E-state index contributed by atoms with van der Waals surface area (Å²) in [5.41, 5.74) is 4.89. The molecule has 4 nitrogen and oxygen atoms in total. The SMILES string of the molecule is Cc1nc(CSc2nc3ccccc3c(=O)n2-c2ccc(C)c(C)c2)cs1. The first-order valence-electron chi connectivity index (χ1n) is 8.66. The first kappa shape index (κ1) is 17.9. The topological polar surface area (TPSA) is 47.8 Å². The van der Waals surface area contributed by atoms with E-state index in [2.05, 4.69) is 24.2 Å². The molecule has 2 heterocycles. The van der Waals surface area contributed by atoms with Crippen LogP contribution in [0.3, 0.4) is 0 Å². The van der Waals surface area contributed by atoms with Crippen LogP contribution in [0.25, 0.3) is 16.6 Å². The maximum Gasteiger partial charge on any atom is 0.266 e. The van der Waals surface area contributed by atoms with E-state index in [0.29, 0.717) is 16.3 Å². The van der Waals surface area contributed by atoms with Gasteiger partial charge in [-0.3, -0.25) is 9.36 Å². The van der Waals surface area contributed by atoms with E-state index < -0.39 is 0 Å². The number of rotatable bonds is 4. The monoisotopic (exact) mass is 393 g/mol. The van der Waals surface area contributed by atoms with E-state index in [1.54, 1.807) is 27.7 Å². The lowest BCUT2D eigenvalue weighted by atomic mass is 10.1. The lowest BCUT2D eigenvalue weighted by Crippen LogP contribution is -2.22. The minimum absolute atomic E-state index is 0.0409. The molecular weight excluding hydrogens is 374 g/mol. The summed E-state index contributed by atoms with van der Waals surface area (Å²) < 4.78 is 1.72. The molecule has 2 aromatic carbocycles. The van der Waals surface area contributed by atoms with Gasteiger partial charge < -0.3 is 0 Å². The fourth-order valence-corrected chi connectivity index (χ4v) is 4.54. The summed E-state index contributed by atoms with van der Waals surface area (Å²) in [4.78, 5) is 22.6. The van der Waals surface area contributed by atoms with Crippen LogP contribution < -0.4 is 5.56 Å². The van der Waals surface area contributed by atoms with Gasteiger partial charge in [0.2, 0.25) is 0 Å². The second-order valence-corrected chi connectivity index (χ2v) is 8.47. The lowest BCUT2D eigenvalue weighted by molar-refractivity contribution is 0.818. The minimum Gasteiger partial charge on any atom is -0.268 e. The molecule has 0 aliphatic rings. The smallest absolute Gasteiger partial charge is 0.266 e. The van der Waals surface area contributed by atoms with Gasteiger partial charge in [-0.1, -0.05) is 30.0 Å². The number of thiazole rings is 1. The van der Waals surface area contributed by atoms with Gasteiger partial charge in [-0.15, -0.1) is 11.3 Å². The molecular formula is C21H19N3OS2. The van der Waals surface area contributed by atoms with E-state index in [0.717, 1.165) is 27.5 Å². The Bertz CT molecular complexity index is 1190. The quantitative estimate of drug-likeness (QED) is 0.359. The van der Waals surface area contributed by atoms with Gasteiger partial charge in [-0.2, -0.15) is 0 Å². The number of nitrogens with zero attached hydrogens (tertiary/aromatic N) is 3. The third-order valence-corrected chi connectivity index (χ3v) is 6.30. The Morgan fingerprint density at radius 2 is 1.85 bits per heavy atom. The van der Waals surface area contributed by atoms with Crippen molar-refractivity contribution in [2.24, 2.45) is 0 Å². The highest BCUT2D eigenvalue weighted by Gasteiger charge is 2.14. The number of aromatic nitrogens is 3. The van der Waals surface area contributed by atoms with Crippen LogP contribution in [0.1, 0.15) is 21.8 Å². The van der Waals surface area contributed by atoms with Crippen molar-refractivity contribution < 1.29 is 0 Å². The highest BCUT2D eigenvalue weighted by molar-refractivity contribution is 7.98. The van der Waals surface area contributed by atoms with Gasteiger partial charge in [0, 0.05) is 11.1 Å². The summed E-state index contributed by atoms with van der Waals surface area (Å²) in [5, 5.41) is 4.42. The molecule has 0 spiro atoms. The van der Waals surface area contributed by atoms with E-state index >= 15 is 0 Å². The molecule has 0 aliphatic carbocycles. The standard InChI is InChI=1S/C21H19N3OS2/c1-13-8-9-17(10-14(13)2)24-20(25)18-6-4-5-7-19(18)23-21(24)27-12-16-11-26-15(3)22-16/h4-11H,12H2,1-3H3. The number of hydrogen-bond acceptors (Lipinski definition) is 5. The molecule has 2 aromatic heterocycles. The van der Waals surface area contributed by atoms with Crippen LogP contribution in [0.2, 0.25) is 0 Å². The van der Waals surface area contributed by atoms with Gasteiger partial charge in [-0.05, 0) is 56.2 Å². The average molecular weight is 394 g/mol. The normalized spacial score (nSPS) is 11.2. The van der Waals surface area contributed by atoms with Gasteiger partial charge in [-0.25, -0.2) is 9.97 Å². The zero-order valence-corrected chi connectivity index (χ0v) is 17.0. The Balaban J connectivity index is 1.86.